The van der Waals surface area contributed by atoms with E-state index in [1.165, 1.54) is 5.56 Å². The van der Waals surface area contributed by atoms with Gasteiger partial charge in [0.15, 0.2) is 0 Å². The van der Waals surface area contributed by atoms with Crippen LogP contribution < -0.4 is 4.74 Å². The van der Waals surface area contributed by atoms with E-state index >= 15 is 0 Å². The van der Waals surface area contributed by atoms with Crippen LogP contribution in [0.15, 0.2) is 24.3 Å². The molecule has 0 saturated carbocycles. The summed E-state index contributed by atoms with van der Waals surface area (Å²) in [6, 6.07) is 8.22. The summed E-state index contributed by atoms with van der Waals surface area (Å²) in [6.07, 6.45) is 3.24. The van der Waals surface area contributed by atoms with E-state index in [9.17, 15) is 0 Å². The zero-order valence-electron chi connectivity index (χ0n) is 9.53. The van der Waals surface area contributed by atoms with Crippen LogP contribution in [0, 0.1) is 6.92 Å². The molecular weight excluding hydrogens is 356 g/mol. The Balaban J connectivity index is 0.00000196. The molecule has 0 fully saturated rings. The zero-order chi connectivity index (χ0) is 10.4. The topological polar surface area (TPSA) is 9.23 Å². The first-order valence-electron chi connectivity index (χ1n) is 5.31. The van der Waals surface area contributed by atoms with Gasteiger partial charge in [0.1, 0.15) is 5.75 Å². The van der Waals surface area contributed by atoms with Gasteiger partial charge >= 0.3 is 0 Å². The van der Waals surface area contributed by atoms with E-state index in [0.29, 0.717) is 6.10 Å². The Hall–Kier alpha value is -0.292. The third kappa shape index (κ3) is 4.84. The molecule has 0 aromatic heterocycles. The van der Waals surface area contributed by atoms with Gasteiger partial charge in [-0.3, -0.25) is 0 Å². The van der Waals surface area contributed by atoms with Gasteiger partial charge in [0, 0.05) is 21.1 Å². The van der Waals surface area contributed by atoms with Gasteiger partial charge in [-0.05, 0) is 25.0 Å². The predicted molar refractivity (Wildman–Crippen MR) is 60.5 cm³/mol. The van der Waals surface area contributed by atoms with E-state index in [4.69, 9.17) is 4.74 Å². The van der Waals surface area contributed by atoms with Crippen LogP contribution in [0.3, 0.4) is 0 Å². The van der Waals surface area contributed by atoms with Crippen LogP contribution in [0.1, 0.15) is 32.3 Å². The van der Waals surface area contributed by atoms with E-state index in [0.717, 1.165) is 25.0 Å². The molecule has 0 amide bonds. The average molecular weight is 375 g/mol. The zero-order valence-corrected chi connectivity index (χ0v) is 12.5. The van der Waals surface area contributed by atoms with E-state index < -0.39 is 0 Å². The average Bonchev–Trinajstić information content (AvgIpc) is 2.21. The van der Waals surface area contributed by atoms with Gasteiger partial charge in [-0.1, -0.05) is 31.5 Å². The minimum absolute atomic E-state index is 0. The van der Waals surface area contributed by atoms with Crippen molar-refractivity contribution in [1.82, 2.24) is 0 Å². The molecular formula is C13H19OW-. The van der Waals surface area contributed by atoms with Crippen molar-refractivity contribution in [3.8, 4) is 5.75 Å². The molecule has 0 radical (unpaired) electrons. The Bertz CT molecular complexity index is 273. The summed E-state index contributed by atoms with van der Waals surface area (Å²) in [4.78, 5) is 0. The fourth-order valence-electron chi connectivity index (χ4n) is 1.32. The second-order valence-corrected chi connectivity index (χ2v) is 3.55. The molecule has 2 heteroatoms. The van der Waals surface area contributed by atoms with Crippen molar-refractivity contribution < 1.29 is 25.8 Å². The van der Waals surface area contributed by atoms with E-state index in [1.54, 1.807) is 0 Å². The molecule has 0 aliphatic rings. The predicted octanol–water partition coefficient (Wildman–Crippen LogP) is 3.63. The van der Waals surface area contributed by atoms with Gasteiger partial charge in [0.25, 0.3) is 0 Å². The second-order valence-electron chi connectivity index (χ2n) is 3.55. The maximum Gasteiger partial charge on any atom is 0.122 e. The number of hydrogen-bond donors (Lipinski definition) is 0. The fraction of sp³-hybridized carbons (Fsp3) is 0.462. The molecule has 1 unspecified atom stereocenters. The van der Waals surface area contributed by atoms with Crippen LogP contribution >= 0.6 is 0 Å². The molecule has 0 heterocycles. The van der Waals surface area contributed by atoms with Crippen molar-refractivity contribution in [2.45, 2.75) is 39.2 Å². The number of ether oxygens (including phenoxy) is 1. The second kappa shape index (κ2) is 7.93. The molecule has 1 rings (SSSR count). The summed E-state index contributed by atoms with van der Waals surface area (Å²) in [7, 11) is 0. The summed E-state index contributed by atoms with van der Waals surface area (Å²) in [5.41, 5.74) is 1.27. The van der Waals surface area contributed by atoms with Crippen molar-refractivity contribution in [1.29, 1.82) is 0 Å². The molecule has 1 aromatic rings. The van der Waals surface area contributed by atoms with Crippen LogP contribution in [-0.2, 0) is 27.5 Å². The van der Waals surface area contributed by atoms with E-state index in [2.05, 4.69) is 32.9 Å². The fourth-order valence-corrected chi connectivity index (χ4v) is 1.32. The summed E-state index contributed by atoms with van der Waals surface area (Å²) < 4.78 is 5.82. The van der Waals surface area contributed by atoms with Crippen LogP contribution in [-0.4, -0.2) is 6.10 Å². The van der Waals surface area contributed by atoms with Gasteiger partial charge in [-0.25, -0.2) is 0 Å². The van der Waals surface area contributed by atoms with Crippen molar-refractivity contribution in [2.24, 2.45) is 0 Å². The number of para-hydroxylation sites is 1. The molecule has 15 heavy (non-hydrogen) atoms. The first kappa shape index (κ1) is 14.7. The molecule has 0 bridgehead atoms. The molecule has 0 spiro atoms. The van der Waals surface area contributed by atoms with E-state index in [1.807, 2.05) is 12.1 Å². The molecule has 0 saturated heterocycles. The van der Waals surface area contributed by atoms with Gasteiger partial charge in [0.05, 0.1) is 6.10 Å². The Morgan fingerprint density at radius 2 is 2.00 bits per heavy atom. The maximum absolute atomic E-state index is 5.82. The van der Waals surface area contributed by atoms with Crippen molar-refractivity contribution in [3.63, 3.8) is 0 Å². The first-order valence-corrected chi connectivity index (χ1v) is 5.31. The van der Waals surface area contributed by atoms with Crippen molar-refractivity contribution in [3.05, 3.63) is 36.8 Å². The normalized spacial score (nSPS) is 11.7. The molecule has 0 aliphatic heterocycles. The van der Waals surface area contributed by atoms with E-state index in [-0.39, 0.29) is 21.1 Å². The molecule has 0 aliphatic carbocycles. The summed E-state index contributed by atoms with van der Waals surface area (Å²) in [5, 5.41) is 0. The standard InChI is InChI=1S/C13H19O.W/c1-4-8-12-9-6-7-10-13(12)14-11(3)5-2;/h6-7,9-11H,1,4-5,8H2,2-3H3;/q-1;. The molecule has 1 nitrogen and oxygen atoms in total. The summed E-state index contributed by atoms with van der Waals surface area (Å²) >= 11 is 0. The minimum atomic E-state index is 0. The van der Waals surface area contributed by atoms with Crippen LogP contribution in [0.4, 0.5) is 0 Å². The summed E-state index contributed by atoms with van der Waals surface area (Å²) in [6.45, 7) is 8.10. The SMILES string of the molecule is [CH2-]CCc1ccccc1OC(C)CC.[W]. The maximum atomic E-state index is 5.82. The Kier molecular flexibility index (Phi) is 7.78. The largest absolute Gasteiger partial charge is 0.490 e. The van der Waals surface area contributed by atoms with Gasteiger partial charge in [0.2, 0.25) is 0 Å². The molecule has 1 atom stereocenters. The Morgan fingerprint density at radius 1 is 1.33 bits per heavy atom. The number of hydrogen-bond acceptors (Lipinski definition) is 1. The van der Waals surface area contributed by atoms with Crippen LogP contribution in [0.25, 0.3) is 0 Å². The van der Waals surface area contributed by atoms with Gasteiger partial charge < -0.3 is 11.7 Å². The Labute approximate surface area is 107 Å². The summed E-state index contributed by atoms with van der Waals surface area (Å²) in [5.74, 6) is 1.02. The molecule has 1 aromatic carbocycles. The van der Waals surface area contributed by atoms with Gasteiger partial charge in [-0.2, -0.15) is 6.42 Å². The third-order valence-corrected chi connectivity index (χ3v) is 2.32. The van der Waals surface area contributed by atoms with Crippen molar-refractivity contribution >= 4 is 0 Å². The molecule has 0 N–H and O–H groups in total. The quantitative estimate of drug-likeness (QED) is 0.715. The number of rotatable bonds is 5. The smallest absolute Gasteiger partial charge is 0.122 e. The minimum Gasteiger partial charge on any atom is -0.490 e. The van der Waals surface area contributed by atoms with Gasteiger partial charge in [-0.15, -0.1) is 0 Å². The van der Waals surface area contributed by atoms with Crippen LogP contribution in [0.5, 0.6) is 5.75 Å². The third-order valence-electron chi connectivity index (χ3n) is 2.32. The number of aryl methyl sites for hydroxylation is 1. The monoisotopic (exact) mass is 375 g/mol. The Morgan fingerprint density at radius 3 is 2.60 bits per heavy atom. The molecule has 84 valence electrons. The number of benzene rings is 1. The first-order chi connectivity index (χ1) is 6.77. The van der Waals surface area contributed by atoms with Crippen molar-refractivity contribution in [2.75, 3.05) is 0 Å². The van der Waals surface area contributed by atoms with Crippen LogP contribution in [0.2, 0.25) is 0 Å².